The number of hydrogen-bond donors (Lipinski definition) is 1. The van der Waals surface area contributed by atoms with E-state index in [0.29, 0.717) is 6.42 Å². The van der Waals surface area contributed by atoms with Gasteiger partial charge in [0.05, 0.1) is 5.75 Å². The summed E-state index contributed by atoms with van der Waals surface area (Å²) in [5.74, 6) is 0.231. The van der Waals surface area contributed by atoms with Crippen LogP contribution in [0.15, 0.2) is 47.8 Å². The molecule has 0 saturated carbocycles. The van der Waals surface area contributed by atoms with Gasteiger partial charge in [0.2, 0.25) is 0 Å². The van der Waals surface area contributed by atoms with Crippen molar-refractivity contribution in [2.24, 2.45) is 0 Å². The molecule has 1 saturated heterocycles. The third-order valence-corrected chi connectivity index (χ3v) is 6.44. The number of allylic oxidation sites excluding steroid dienone is 1. The van der Waals surface area contributed by atoms with E-state index in [2.05, 4.69) is 73.3 Å². The summed E-state index contributed by atoms with van der Waals surface area (Å²) in [5, 5.41) is 3.28. The summed E-state index contributed by atoms with van der Waals surface area (Å²) in [4.78, 5) is 4.82. The zero-order chi connectivity index (χ0) is 21.4. The Labute approximate surface area is 177 Å². The standard InChI is InChI=1S/C23H37N3O2S/c1-6-19(2)15-24-16-21(4)17-25-11-12-26(22-9-7-8-20(3)14-22)18-23(25)10-13-29(5,27)28/h7-9,14-16,23-24H,6,10-13,17-18H2,1-5H3/b19-15+,21-16+/t23-/m0/s1. The fourth-order valence-corrected chi connectivity index (χ4v) is 4.28. The van der Waals surface area contributed by atoms with E-state index in [1.165, 1.54) is 28.7 Å². The van der Waals surface area contributed by atoms with Gasteiger partial charge >= 0.3 is 0 Å². The molecule has 1 aliphatic rings. The van der Waals surface area contributed by atoms with Crippen LogP contribution in [0.3, 0.4) is 0 Å². The molecule has 1 N–H and O–H groups in total. The second-order valence-corrected chi connectivity index (χ2v) is 10.6. The topological polar surface area (TPSA) is 52.6 Å². The fraction of sp³-hybridized carbons (Fsp3) is 0.565. The number of benzene rings is 1. The molecule has 0 spiro atoms. The van der Waals surface area contributed by atoms with Crippen LogP contribution in [-0.4, -0.2) is 57.5 Å². The lowest BCUT2D eigenvalue weighted by atomic mass is 10.1. The predicted molar refractivity (Wildman–Crippen MR) is 124 cm³/mol. The van der Waals surface area contributed by atoms with Gasteiger partial charge in [0.25, 0.3) is 0 Å². The van der Waals surface area contributed by atoms with E-state index < -0.39 is 9.84 Å². The summed E-state index contributed by atoms with van der Waals surface area (Å²) < 4.78 is 23.5. The molecule has 1 fully saturated rings. The van der Waals surface area contributed by atoms with Gasteiger partial charge in [-0.15, -0.1) is 0 Å². The van der Waals surface area contributed by atoms with Gasteiger partial charge < -0.3 is 10.2 Å². The Balaban J connectivity index is 2.08. The average molecular weight is 420 g/mol. The first kappa shape index (κ1) is 23.5. The van der Waals surface area contributed by atoms with Gasteiger partial charge in [0.15, 0.2) is 0 Å². The Hall–Kier alpha value is -1.79. The van der Waals surface area contributed by atoms with Crippen molar-refractivity contribution >= 4 is 15.5 Å². The van der Waals surface area contributed by atoms with Gasteiger partial charge in [0.1, 0.15) is 9.84 Å². The van der Waals surface area contributed by atoms with E-state index in [0.717, 1.165) is 32.6 Å². The molecule has 29 heavy (non-hydrogen) atoms. The van der Waals surface area contributed by atoms with Gasteiger partial charge in [-0.05, 0) is 63.1 Å². The maximum atomic E-state index is 11.8. The quantitative estimate of drug-likeness (QED) is 0.661. The Morgan fingerprint density at radius 1 is 1.21 bits per heavy atom. The monoisotopic (exact) mass is 419 g/mol. The molecule has 0 unspecified atom stereocenters. The molecule has 0 amide bonds. The summed E-state index contributed by atoms with van der Waals surface area (Å²) in [5.41, 5.74) is 5.03. The molecule has 1 heterocycles. The van der Waals surface area contributed by atoms with E-state index in [1.807, 2.05) is 6.20 Å². The van der Waals surface area contributed by atoms with Crippen molar-refractivity contribution in [3.05, 3.63) is 53.4 Å². The molecule has 1 aliphatic heterocycles. The Morgan fingerprint density at radius 3 is 2.59 bits per heavy atom. The Bertz CT molecular complexity index is 830. The highest BCUT2D eigenvalue weighted by atomic mass is 32.2. The molecule has 0 aromatic heterocycles. The number of nitrogens with zero attached hydrogens (tertiary/aromatic N) is 2. The van der Waals surface area contributed by atoms with Crippen LogP contribution in [0.2, 0.25) is 0 Å². The largest absolute Gasteiger partial charge is 0.369 e. The molecule has 0 radical (unpaired) electrons. The van der Waals surface area contributed by atoms with Crippen molar-refractivity contribution in [2.45, 2.75) is 46.6 Å². The first-order chi connectivity index (χ1) is 13.7. The highest BCUT2D eigenvalue weighted by Gasteiger charge is 2.28. The summed E-state index contributed by atoms with van der Waals surface area (Å²) in [6.07, 6.45) is 7.13. The van der Waals surface area contributed by atoms with Crippen molar-refractivity contribution in [1.82, 2.24) is 10.2 Å². The Morgan fingerprint density at radius 2 is 1.93 bits per heavy atom. The molecular weight excluding hydrogens is 382 g/mol. The lowest BCUT2D eigenvalue weighted by Gasteiger charge is -2.43. The van der Waals surface area contributed by atoms with E-state index in [1.54, 1.807) is 0 Å². The summed E-state index contributed by atoms with van der Waals surface area (Å²) in [6, 6.07) is 8.77. The molecular formula is C23H37N3O2S. The van der Waals surface area contributed by atoms with E-state index in [-0.39, 0.29) is 11.8 Å². The number of aryl methyl sites for hydroxylation is 1. The van der Waals surface area contributed by atoms with Gasteiger partial charge in [-0.3, -0.25) is 4.90 Å². The number of anilines is 1. The molecule has 2 rings (SSSR count). The number of rotatable bonds is 9. The summed E-state index contributed by atoms with van der Waals surface area (Å²) in [6.45, 7) is 12.1. The molecule has 0 bridgehead atoms. The first-order valence-corrected chi connectivity index (χ1v) is 12.5. The van der Waals surface area contributed by atoms with Gasteiger partial charge in [0, 0.05) is 50.4 Å². The van der Waals surface area contributed by atoms with Crippen LogP contribution in [0.5, 0.6) is 0 Å². The minimum absolute atomic E-state index is 0.218. The summed E-state index contributed by atoms with van der Waals surface area (Å²) in [7, 11) is -2.97. The van der Waals surface area contributed by atoms with Gasteiger partial charge in [-0.25, -0.2) is 8.42 Å². The summed E-state index contributed by atoms with van der Waals surface area (Å²) >= 11 is 0. The fourth-order valence-electron chi connectivity index (χ4n) is 3.58. The lowest BCUT2D eigenvalue weighted by molar-refractivity contribution is 0.187. The number of sulfone groups is 1. The number of nitrogens with one attached hydrogen (secondary N) is 1. The minimum Gasteiger partial charge on any atom is -0.369 e. The SMILES string of the molecule is CC/C(C)=C/N/C=C(\C)CN1CCN(c2cccc(C)c2)C[C@@H]1CCS(C)(=O)=O. The second-order valence-electron chi connectivity index (χ2n) is 8.33. The molecule has 162 valence electrons. The van der Waals surface area contributed by atoms with Crippen molar-refractivity contribution < 1.29 is 8.42 Å². The van der Waals surface area contributed by atoms with Crippen LogP contribution in [0.1, 0.15) is 39.2 Å². The minimum atomic E-state index is -2.97. The van der Waals surface area contributed by atoms with Crippen molar-refractivity contribution in [3.8, 4) is 0 Å². The van der Waals surface area contributed by atoms with Crippen LogP contribution in [0.25, 0.3) is 0 Å². The zero-order valence-electron chi connectivity index (χ0n) is 18.6. The molecule has 6 heteroatoms. The molecule has 1 atom stereocenters. The lowest BCUT2D eigenvalue weighted by Crippen LogP contribution is -2.54. The molecule has 5 nitrogen and oxygen atoms in total. The molecule has 1 aromatic rings. The zero-order valence-corrected chi connectivity index (χ0v) is 19.4. The van der Waals surface area contributed by atoms with Crippen molar-refractivity contribution in [2.75, 3.05) is 43.1 Å². The van der Waals surface area contributed by atoms with Gasteiger partial charge in [-0.1, -0.05) is 24.6 Å². The van der Waals surface area contributed by atoms with Crippen molar-refractivity contribution in [3.63, 3.8) is 0 Å². The van der Waals surface area contributed by atoms with E-state index in [4.69, 9.17) is 0 Å². The van der Waals surface area contributed by atoms with E-state index in [9.17, 15) is 8.42 Å². The van der Waals surface area contributed by atoms with Crippen LogP contribution in [0, 0.1) is 6.92 Å². The Kier molecular flexibility index (Phi) is 8.78. The molecule has 0 aliphatic carbocycles. The van der Waals surface area contributed by atoms with Gasteiger partial charge in [-0.2, -0.15) is 0 Å². The van der Waals surface area contributed by atoms with Crippen LogP contribution in [-0.2, 0) is 9.84 Å². The van der Waals surface area contributed by atoms with Crippen LogP contribution >= 0.6 is 0 Å². The first-order valence-electron chi connectivity index (χ1n) is 10.5. The third kappa shape index (κ3) is 8.23. The maximum Gasteiger partial charge on any atom is 0.147 e. The van der Waals surface area contributed by atoms with Crippen molar-refractivity contribution in [1.29, 1.82) is 0 Å². The highest BCUT2D eigenvalue weighted by molar-refractivity contribution is 7.90. The number of piperazine rings is 1. The van der Waals surface area contributed by atoms with Crippen LogP contribution < -0.4 is 10.2 Å². The maximum absolute atomic E-state index is 11.8. The number of hydrogen-bond acceptors (Lipinski definition) is 5. The van der Waals surface area contributed by atoms with Crippen LogP contribution in [0.4, 0.5) is 5.69 Å². The second kappa shape index (κ2) is 10.8. The predicted octanol–water partition coefficient (Wildman–Crippen LogP) is 3.73. The normalized spacial score (nSPS) is 19.5. The smallest absolute Gasteiger partial charge is 0.147 e. The average Bonchev–Trinajstić information content (AvgIpc) is 2.66. The highest BCUT2D eigenvalue weighted by Crippen LogP contribution is 2.22. The molecule has 1 aromatic carbocycles. The van der Waals surface area contributed by atoms with E-state index >= 15 is 0 Å². The third-order valence-electron chi connectivity index (χ3n) is 5.46.